The Labute approximate surface area is 68.9 Å². The van der Waals surface area contributed by atoms with Crippen LogP contribution < -0.4 is 0 Å². The van der Waals surface area contributed by atoms with Crippen LogP contribution in [-0.4, -0.2) is 9.80 Å². The van der Waals surface area contributed by atoms with E-state index in [1.54, 1.807) is 0 Å². The summed E-state index contributed by atoms with van der Waals surface area (Å²) in [5.41, 5.74) is 0. The van der Waals surface area contributed by atoms with E-state index in [1.807, 2.05) is 0 Å². The van der Waals surface area contributed by atoms with Gasteiger partial charge in [0.2, 0.25) is 0 Å². The molecule has 0 saturated heterocycles. The first-order chi connectivity index (χ1) is 3.68. The van der Waals surface area contributed by atoms with Gasteiger partial charge in [-0.25, -0.2) is 0 Å². The third kappa shape index (κ3) is 3.60. The second kappa shape index (κ2) is 4.49. The Kier molecular flexibility index (Phi) is 4.84. The topological polar surface area (TPSA) is 38.8 Å². The van der Waals surface area contributed by atoms with Gasteiger partial charge in [0.25, 0.3) is 0 Å². The van der Waals surface area contributed by atoms with E-state index in [2.05, 4.69) is 34.1 Å². The number of amides is 1. The van der Waals surface area contributed by atoms with E-state index in [9.17, 15) is 4.79 Å². The van der Waals surface area contributed by atoms with Crippen LogP contribution in [0, 0.1) is 0 Å². The van der Waals surface area contributed by atoms with Gasteiger partial charge in [-0.05, 0) is 0 Å². The van der Waals surface area contributed by atoms with Gasteiger partial charge in [0.1, 0.15) is 0 Å². The Morgan fingerprint density at radius 3 is 2.25 bits per heavy atom. The molecule has 0 atom stereocenters. The van der Waals surface area contributed by atoms with Gasteiger partial charge in [-0.3, -0.25) is 0 Å². The molecule has 7 heteroatoms. The van der Waals surface area contributed by atoms with Crippen molar-refractivity contribution in [1.82, 2.24) is 3.71 Å². The molecule has 0 heterocycles. The molecule has 0 saturated carbocycles. The second-order valence-corrected chi connectivity index (χ2v) is 2.16. The Hall–Kier alpha value is 0.618. The summed E-state index contributed by atoms with van der Waals surface area (Å²) in [4.78, 5) is 14.1. The van der Waals surface area contributed by atoms with E-state index in [4.69, 9.17) is 0 Å². The molecule has 0 aliphatic rings. The quantitative estimate of drug-likeness (QED) is 0.301. The van der Waals surface area contributed by atoms with E-state index in [0.29, 0.717) is 3.71 Å². The maximum atomic E-state index is 10.2. The number of nitrogens with zero attached hydrogens (tertiary/aromatic N) is 1. The standard InChI is InChI=1S/CH3NO3S2.Mo/c3-1(5-4)2(6)7;/h4,6-7H;/q;+1/p-1. The molecule has 1 amide bonds. The van der Waals surface area contributed by atoms with Gasteiger partial charge in [0.15, 0.2) is 0 Å². The first kappa shape index (κ1) is 8.62. The maximum absolute atomic E-state index is 10.2. The SMILES string of the molecule is O=C(O[O][Mo])N(S)S. The van der Waals surface area contributed by atoms with Gasteiger partial charge in [0.05, 0.1) is 0 Å². The molecule has 0 fully saturated rings. The molecule has 4 nitrogen and oxygen atoms in total. The van der Waals surface area contributed by atoms with Crippen LogP contribution in [0.4, 0.5) is 4.79 Å². The Bertz CT molecular complexity index is 87.4. The van der Waals surface area contributed by atoms with Crippen molar-refractivity contribution >= 4 is 31.7 Å². The summed E-state index contributed by atoms with van der Waals surface area (Å²) in [5, 5.41) is 0. The van der Waals surface area contributed by atoms with Crippen LogP contribution in [0.15, 0.2) is 0 Å². The third-order valence-corrected chi connectivity index (χ3v) is 0.762. The van der Waals surface area contributed by atoms with Crippen molar-refractivity contribution in [1.29, 1.82) is 0 Å². The van der Waals surface area contributed by atoms with Crippen LogP contribution in [-0.2, 0) is 28.6 Å². The van der Waals surface area contributed by atoms with Gasteiger partial charge in [-0.15, -0.1) is 0 Å². The summed E-state index contributed by atoms with van der Waals surface area (Å²) >= 11 is 8.09. The molecule has 0 aliphatic heterocycles. The fourth-order valence-corrected chi connectivity index (χ4v) is 0.272. The van der Waals surface area contributed by atoms with Crippen molar-refractivity contribution < 1.29 is 33.4 Å². The summed E-state index contributed by atoms with van der Waals surface area (Å²) in [6.45, 7) is 0. The van der Waals surface area contributed by atoms with Crippen molar-refractivity contribution in [2.75, 3.05) is 0 Å². The zero-order valence-electron chi connectivity index (χ0n) is 3.47. The van der Waals surface area contributed by atoms with Crippen LogP contribution in [0.5, 0.6) is 0 Å². The molecule has 0 spiro atoms. The molecular weight excluding hydrogens is 234 g/mol. The van der Waals surface area contributed by atoms with Crippen molar-refractivity contribution in [3.63, 3.8) is 0 Å². The number of rotatable bonds is 1. The second-order valence-electron chi connectivity index (χ2n) is 0.707. The number of hydrogen-bond acceptors (Lipinski definition) is 5. The molecule has 0 rings (SSSR count). The van der Waals surface area contributed by atoms with Gasteiger partial charge in [-0.2, -0.15) is 0 Å². The zero-order valence-corrected chi connectivity index (χ0v) is 7.27. The zero-order chi connectivity index (χ0) is 6.57. The normalized spacial score (nSPS) is 8.25. The fraction of sp³-hybridized carbons (Fsp3) is 0. The Morgan fingerprint density at radius 2 is 2.12 bits per heavy atom. The molecule has 0 aliphatic carbocycles. The molecule has 0 N–H and O–H groups in total. The summed E-state index contributed by atoms with van der Waals surface area (Å²) in [6, 6.07) is 0. The fourth-order valence-electron chi connectivity index (χ4n) is 0.0624. The Morgan fingerprint density at radius 1 is 1.62 bits per heavy atom. The average molecular weight is 236 g/mol. The van der Waals surface area contributed by atoms with E-state index in [-0.39, 0.29) is 0 Å². The average Bonchev–Trinajstić information content (AvgIpc) is 1.67. The molecule has 0 aromatic heterocycles. The molecular formula is CH2MoNO3S2. The van der Waals surface area contributed by atoms with E-state index >= 15 is 0 Å². The molecule has 0 bridgehead atoms. The van der Waals surface area contributed by atoms with Crippen LogP contribution in [0.2, 0.25) is 0 Å². The van der Waals surface area contributed by atoms with E-state index in [1.165, 1.54) is 0 Å². The van der Waals surface area contributed by atoms with Gasteiger partial charge in [-0.1, -0.05) is 0 Å². The molecule has 0 aromatic rings. The summed E-state index contributed by atoms with van der Waals surface area (Å²) < 4.78 is 4.64. The number of carbonyl (C=O) groups is 1. The summed E-state index contributed by atoms with van der Waals surface area (Å²) in [6.07, 6.45) is -0.776. The Balaban J connectivity index is 3.33. The summed E-state index contributed by atoms with van der Waals surface area (Å²) in [5.74, 6) is 0. The van der Waals surface area contributed by atoms with Crippen molar-refractivity contribution in [3.05, 3.63) is 0 Å². The van der Waals surface area contributed by atoms with E-state index < -0.39 is 6.09 Å². The third-order valence-electron chi connectivity index (χ3n) is 0.269. The van der Waals surface area contributed by atoms with Crippen molar-refractivity contribution in [3.8, 4) is 0 Å². The van der Waals surface area contributed by atoms with Crippen LogP contribution >= 0.6 is 25.6 Å². The first-order valence-electron chi connectivity index (χ1n) is 1.37. The van der Waals surface area contributed by atoms with Crippen LogP contribution in [0.25, 0.3) is 0 Å². The van der Waals surface area contributed by atoms with Crippen molar-refractivity contribution in [2.24, 2.45) is 0 Å². The predicted octanol–water partition coefficient (Wildman–Crippen LogP) is 0.508. The van der Waals surface area contributed by atoms with Gasteiger partial charge >= 0.3 is 68.9 Å². The molecule has 8 heavy (non-hydrogen) atoms. The van der Waals surface area contributed by atoms with Crippen molar-refractivity contribution in [2.45, 2.75) is 0 Å². The van der Waals surface area contributed by atoms with E-state index in [0.717, 1.165) is 20.2 Å². The summed E-state index contributed by atoms with van der Waals surface area (Å²) in [7, 11) is 0. The monoisotopic (exact) mass is 238 g/mol. The number of carbonyl (C=O) groups excluding carboxylic acids is 1. The number of thiol groups is 2. The molecule has 0 radical (unpaired) electrons. The van der Waals surface area contributed by atoms with Crippen LogP contribution in [0.3, 0.4) is 0 Å². The molecule has 47 valence electrons. The molecule has 0 aromatic carbocycles. The molecule has 0 unspecified atom stereocenters. The number of hydrogen-bond donors (Lipinski definition) is 2. The predicted molar refractivity (Wildman–Crippen MR) is 27.4 cm³/mol. The van der Waals surface area contributed by atoms with Crippen LogP contribution in [0.1, 0.15) is 0 Å². The van der Waals surface area contributed by atoms with Gasteiger partial charge in [0, 0.05) is 0 Å². The minimum absolute atomic E-state index is 0.658. The minimum atomic E-state index is -0.776. The van der Waals surface area contributed by atoms with Gasteiger partial charge < -0.3 is 0 Å². The first-order valence-corrected chi connectivity index (χ1v) is 2.98.